The van der Waals surface area contributed by atoms with E-state index in [1.54, 1.807) is 12.1 Å². The second kappa shape index (κ2) is 11.0. The molecule has 0 aromatic heterocycles. The van der Waals surface area contributed by atoms with E-state index in [0.29, 0.717) is 18.8 Å². The minimum absolute atomic E-state index is 0.589. The van der Waals surface area contributed by atoms with Crippen molar-refractivity contribution >= 4 is 23.1 Å². The number of para-hydroxylation sites is 1. The molecule has 2 heterocycles. The quantitative estimate of drug-likeness (QED) is 0.349. The minimum Gasteiger partial charge on any atom is -0.376 e. The maximum Gasteiger partial charge on any atom is 0.416 e. The normalized spacial score (nSPS) is 17.0. The molecule has 8 heteroatoms. The topological polar surface area (TPSA) is 19.0 Å². The average Bonchev–Trinajstić information content (AvgIpc) is 2.81. The Bertz CT molecular complexity index is 945. The van der Waals surface area contributed by atoms with Crippen LogP contribution in [0.2, 0.25) is 0 Å². The molecule has 1 fully saturated rings. The van der Waals surface area contributed by atoms with Crippen LogP contribution in [0.4, 0.5) is 24.5 Å². The summed E-state index contributed by atoms with van der Waals surface area (Å²) in [5, 5.41) is 0. The highest BCUT2D eigenvalue weighted by molar-refractivity contribution is 7.99. The second-order valence-electron chi connectivity index (χ2n) is 8.30. The first-order valence-electron chi connectivity index (χ1n) is 11.3. The number of piperazine rings is 1. The highest BCUT2D eigenvalue weighted by Crippen LogP contribution is 2.49. The zero-order valence-corrected chi connectivity index (χ0v) is 19.5. The van der Waals surface area contributed by atoms with Crippen molar-refractivity contribution in [2.24, 2.45) is 0 Å². The molecule has 0 aliphatic carbocycles. The number of alkyl halides is 3. The molecule has 2 aliphatic heterocycles. The summed E-state index contributed by atoms with van der Waals surface area (Å²) in [5.41, 5.74) is 1.04. The van der Waals surface area contributed by atoms with Gasteiger partial charge in [-0.2, -0.15) is 13.2 Å². The van der Waals surface area contributed by atoms with E-state index in [2.05, 4.69) is 21.3 Å². The lowest BCUT2D eigenvalue weighted by Crippen LogP contribution is -2.47. The van der Waals surface area contributed by atoms with E-state index in [4.69, 9.17) is 4.74 Å². The molecule has 4 nitrogen and oxygen atoms in total. The predicted octanol–water partition coefficient (Wildman–Crippen LogP) is 5.52. The summed E-state index contributed by atoms with van der Waals surface area (Å²) in [6.07, 6.45) is -1.70. The molecule has 0 radical (unpaired) electrons. The highest BCUT2D eigenvalue weighted by atomic mass is 32.2. The van der Waals surface area contributed by atoms with E-state index >= 15 is 0 Å². The van der Waals surface area contributed by atoms with Crippen LogP contribution in [-0.2, 0) is 10.9 Å². The summed E-state index contributed by atoms with van der Waals surface area (Å²) < 4.78 is 45.6. The van der Waals surface area contributed by atoms with Gasteiger partial charge >= 0.3 is 6.18 Å². The van der Waals surface area contributed by atoms with Gasteiger partial charge in [0.25, 0.3) is 0 Å². The Hall–Kier alpha value is -2.00. The van der Waals surface area contributed by atoms with Gasteiger partial charge in [0.05, 0.1) is 30.2 Å². The summed E-state index contributed by atoms with van der Waals surface area (Å²) >= 11 is 1.54. The van der Waals surface area contributed by atoms with Gasteiger partial charge in [-0.1, -0.05) is 30.0 Å². The molecule has 0 N–H and O–H groups in total. The van der Waals surface area contributed by atoms with Crippen molar-refractivity contribution in [2.45, 2.75) is 22.4 Å². The van der Waals surface area contributed by atoms with Crippen molar-refractivity contribution in [2.75, 3.05) is 63.9 Å². The number of hydrogen-bond acceptors (Lipinski definition) is 5. The monoisotopic (exact) mass is 477 g/mol. The van der Waals surface area contributed by atoms with Crippen molar-refractivity contribution in [1.29, 1.82) is 0 Å². The van der Waals surface area contributed by atoms with E-state index in [0.717, 1.165) is 67.8 Å². The molecule has 1 saturated heterocycles. The Labute approximate surface area is 198 Å². The number of fused-ring (bicyclic) bond motifs is 2. The van der Waals surface area contributed by atoms with E-state index in [9.17, 15) is 13.2 Å². The van der Waals surface area contributed by atoms with Crippen LogP contribution in [-0.4, -0.2) is 68.8 Å². The van der Waals surface area contributed by atoms with E-state index in [1.165, 1.54) is 23.9 Å². The Balaban J connectivity index is 1.36. The lowest BCUT2D eigenvalue weighted by atomic mass is 10.1. The third-order valence-electron chi connectivity index (χ3n) is 6.06. The largest absolute Gasteiger partial charge is 0.416 e. The molecule has 0 bridgehead atoms. The van der Waals surface area contributed by atoms with Crippen molar-refractivity contribution < 1.29 is 17.9 Å². The van der Waals surface area contributed by atoms with Crippen LogP contribution in [0.25, 0.3) is 0 Å². The molecule has 2 aliphatic rings. The van der Waals surface area contributed by atoms with Crippen LogP contribution in [0.1, 0.15) is 12.0 Å². The van der Waals surface area contributed by atoms with E-state index < -0.39 is 11.7 Å². The third-order valence-corrected chi connectivity index (χ3v) is 7.19. The molecule has 0 amide bonds. The minimum atomic E-state index is -4.35. The summed E-state index contributed by atoms with van der Waals surface area (Å²) in [5.74, 6) is 0. The average molecular weight is 478 g/mol. The molecule has 178 valence electrons. The lowest BCUT2D eigenvalue weighted by Gasteiger charge is -2.36. The number of anilines is 2. The Morgan fingerprint density at radius 3 is 2.33 bits per heavy atom. The fraction of sp³-hybridized carbons (Fsp3) is 0.440. The molecule has 0 unspecified atom stereocenters. The molecule has 33 heavy (non-hydrogen) atoms. The molecule has 4 rings (SSSR count). The number of halogens is 3. The first kappa shape index (κ1) is 24.1. The SMILES string of the molecule is C=CCOCCN1CCN(CCCN2c3ccccc3Sc3ccc(C(F)(F)F)cc32)CC1. The molecule has 0 atom stereocenters. The highest BCUT2D eigenvalue weighted by Gasteiger charge is 2.33. The van der Waals surface area contributed by atoms with Crippen LogP contribution in [0.5, 0.6) is 0 Å². The fourth-order valence-electron chi connectivity index (χ4n) is 4.30. The summed E-state index contributed by atoms with van der Waals surface area (Å²) in [7, 11) is 0. The smallest absolute Gasteiger partial charge is 0.376 e. The van der Waals surface area contributed by atoms with Crippen molar-refractivity contribution in [3.63, 3.8) is 0 Å². The van der Waals surface area contributed by atoms with Gasteiger partial charge in [0.2, 0.25) is 0 Å². The van der Waals surface area contributed by atoms with Crippen LogP contribution >= 0.6 is 11.8 Å². The summed E-state index contributed by atoms with van der Waals surface area (Å²) in [4.78, 5) is 8.86. The maximum absolute atomic E-state index is 13.4. The maximum atomic E-state index is 13.4. The lowest BCUT2D eigenvalue weighted by molar-refractivity contribution is -0.137. The van der Waals surface area contributed by atoms with E-state index in [-0.39, 0.29) is 0 Å². The number of ether oxygens (including phenoxy) is 1. The van der Waals surface area contributed by atoms with Gasteiger partial charge in [-0.15, -0.1) is 6.58 Å². The molecule has 0 saturated carbocycles. The standard InChI is InChI=1S/C25H30F3N3OS/c1-2-17-32-18-16-30-14-12-29(13-15-30)10-5-11-31-21-6-3-4-7-23(21)33-24-9-8-20(19-22(24)31)25(26,27)28/h2-4,6-9,19H,1,5,10-18H2. The van der Waals surface area contributed by atoms with Gasteiger partial charge in [-0.3, -0.25) is 4.90 Å². The van der Waals surface area contributed by atoms with Gasteiger partial charge in [-0.25, -0.2) is 0 Å². The number of hydrogen-bond donors (Lipinski definition) is 0. The van der Waals surface area contributed by atoms with Crippen molar-refractivity contribution in [1.82, 2.24) is 9.80 Å². The number of benzene rings is 2. The first-order chi connectivity index (χ1) is 16.0. The zero-order chi connectivity index (χ0) is 23.3. The number of rotatable bonds is 9. The molecular weight excluding hydrogens is 447 g/mol. The fourth-order valence-corrected chi connectivity index (χ4v) is 5.37. The summed E-state index contributed by atoms with van der Waals surface area (Å²) in [6.45, 7) is 11.5. The summed E-state index contributed by atoms with van der Waals surface area (Å²) in [6, 6.07) is 12.0. The molecule has 2 aromatic carbocycles. The third kappa shape index (κ3) is 6.12. The van der Waals surface area contributed by atoms with Gasteiger partial charge in [0.1, 0.15) is 0 Å². The molecular formula is C25H30F3N3OS. The van der Waals surface area contributed by atoms with Gasteiger partial charge in [-0.05, 0) is 43.3 Å². The Morgan fingerprint density at radius 1 is 0.909 bits per heavy atom. The second-order valence-corrected chi connectivity index (χ2v) is 9.39. The van der Waals surface area contributed by atoms with Gasteiger partial charge in [0, 0.05) is 49.1 Å². The first-order valence-corrected chi connectivity index (χ1v) is 12.2. The van der Waals surface area contributed by atoms with Crippen molar-refractivity contribution in [3.05, 3.63) is 60.7 Å². The molecule has 0 spiro atoms. The number of nitrogens with zero attached hydrogens (tertiary/aromatic N) is 3. The predicted molar refractivity (Wildman–Crippen MR) is 128 cm³/mol. The zero-order valence-electron chi connectivity index (χ0n) is 18.7. The van der Waals surface area contributed by atoms with Crippen LogP contribution in [0.15, 0.2) is 64.9 Å². The van der Waals surface area contributed by atoms with Crippen LogP contribution in [0.3, 0.4) is 0 Å². The van der Waals surface area contributed by atoms with Crippen LogP contribution < -0.4 is 4.90 Å². The van der Waals surface area contributed by atoms with Crippen LogP contribution in [0, 0.1) is 0 Å². The Morgan fingerprint density at radius 2 is 1.61 bits per heavy atom. The van der Waals surface area contributed by atoms with Gasteiger partial charge in [0.15, 0.2) is 0 Å². The van der Waals surface area contributed by atoms with Gasteiger partial charge < -0.3 is 14.5 Å². The van der Waals surface area contributed by atoms with Crippen molar-refractivity contribution in [3.8, 4) is 0 Å². The Kier molecular flexibility index (Phi) is 8.01. The van der Waals surface area contributed by atoms with E-state index in [1.807, 2.05) is 24.3 Å². The molecule has 2 aromatic rings.